The molecule has 0 aromatic rings. The summed E-state index contributed by atoms with van der Waals surface area (Å²) in [4.78, 5) is 41.0. The molecule has 4 saturated heterocycles. The summed E-state index contributed by atoms with van der Waals surface area (Å²) in [5.41, 5.74) is -4.35. The average molecular weight is 818 g/mol. The van der Waals surface area contributed by atoms with Crippen molar-refractivity contribution in [2.45, 2.75) is 199 Å². The smallest absolute Gasteiger partial charge is 0.311 e. The van der Waals surface area contributed by atoms with Gasteiger partial charge in [-0.2, -0.15) is 0 Å². The summed E-state index contributed by atoms with van der Waals surface area (Å²) in [5.74, 6) is -7.29. The maximum Gasteiger partial charge on any atom is 0.311 e. The van der Waals surface area contributed by atoms with Gasteiger partial charge in [-0.15, -0.1) is 0 Å². The number of ether oxygens (including phenoxy) is 9. The molecule has 2 unspecified atom stereocenters. The van der Waals surface area contributed by atoms with Gasteiger partial charge in [-0.1, -0.05) is 27.7 Å². The molecule has 0 saturated carbocycles. The van der Waals surface area contributed by atoms with Crippen LogP contribution in [0.5, 0.6) is 0 Å². The predicted octanol–water partition coefficient (Wildman–Crippen LogP) is 3.08. The first kappa shape index (κ1) is 47.7. The van der Waals surface area contributed by atoms with Crippen LogP contribution >= 0.6 is 0 Å². The number of cyclic esters (lactones) is 1. The van der Waals surface area contributed by atoms with Crippen molar-refractivity contribution in [3.63, 3.8) is 0 Å². The minimum absolute atomic E-state index is 0.0979. The first-order chi connectivity index (χ1) is 26.3. The molecule has 4 fully saturated rings. The van der Waals surface area contributed by atoms with Gasteiger partial charge in [0, 0.05) is 45.3 Å². The van der Waals surface area contributed by atoms with Crippen molar-refractivity contribution in [2.24, 2.45) is 23.7 Å². The molecule has 4 aliphatic rings. The van der Waals surface area contributed by atoms with Gasteiger partial charge in [-0.05, 0) is 74.9 Å². The van der Waals surface area contributed by atoms with Crippen molar-refractivity contribution in [2.75, 3.05) is 21.2 Å². The van der Waals surface area contributed by atoms with Crippen LogP contribution < -0.4 is 0 Å². The molecule has 16 nitrogen and oxygen atoms in total. The summed E-state index contributed by atoms with van der Waals surface area (Å²) in [6.45, 7) is 19.8. The van der Waals surface area contributed by atoms with Gasteiger partial charge < -0.3 is 62.9 Å². The number of likely N-dealkylation sites (N-methyl/N-ethyl adjacent to an activating group) is 1. The minimum atomic E-state index is -1.97. The van der Waals surface area contributed by atoms with E-state index in [4.69, 9.17) is 42.6 Å². The minimum Gasteiger partial charge on any atom is -0.459 e. The summed E-state index contributed by atoms with van der Waals surface area (Å²) in [7, 11) is 5.22. The number of methoxy groups -OCH3 is 1. The predicted molar refractivity (Wildman–Crippen MR) is 204 cm³/mol. The number of esters is 3. The molecule has 0 aromatic heterocycles. The second-order valence-electron chi connectivity index (χ2n) is 18.1. The average Bonchev–Trinajstić information content (AvgIpc) is 3.30. The first-order valence-corrected chi connectivity index (χ1v) is 20.5. The van der Waals surface area contributed by atoms with E-state index >= 15 is 0 Å². The summed E-state index contributed by atoms with van der Waals surface area (Å²) in [6.07, 6.45) is -8.66. The summed E-state index contributed by atoms with van der Waals surface area (Å²) < 4.78 is 56.3. The van der Waals surface area contributed by atoms with E-state index < -0.39 is 119 Å². The van der Waals surface area contributed by atoms with Crippen LogP contribution in [0.25, 0.3) is 0 Å². The molecule has 4 aliphatic heterocycles. The van der Waals surface area contributed by atoms with Gasteiger partial charge >= 0.3 is 17.9 Å². The van der Waals surface area contributed by atoms with E-state index in [0.717, 1.165) is 0 Å². The summed E-state index contributed by atoms with van der Waals surface area (Å²) >= 11 is 0. The molecular weight excluding hydrogens is 746 g/mol. The highest BCUT2D eigenvalue weighted by Gasteiger charge is 2.66. The zero-order valence-corrected chi connectivity index (χ0v) is 36.7. The van der Waals surface area contributed by atoms with E-state index in [1.54, 1.807) is 62.3 Å². The topological polar surface area (TPSA) is 198 Å². The largest absolute Gasteiger partial charge is 0.459 e. The highest BCUT2D eigenvalue weighted by atomic mass is 16.7. The lowest BCUT2D eigenvalue weighted by molar-refractivity contribution is -0.320. The zero-order valence-electron chi connectivity index (χ0n) is 36.7. The lowest BCUT2D eigenvalue weighted by Gasteiger charge is -2.49. The van der Waals surface area contributed by atoms with E-state index in [1.807, 2.05) is 25.9 Å². The van der Waals surface area contributed by atoms with Crippen molar-refractivity contribution >= 4 is 17.9 Å². The number of carbonyl (C=O) groups is 3. The summed E-state index contributed by atoms with van der Waals surface area (Å²) in [5, 5.41) is 36.8. The molecule has 0 amide bonds. The third-order valence-electron chi connectivity index (χ3n) is 13.1. The van der Waals surface area contributed by atoms with Crippen molar-refractivity contribution in [1.82, 2.24) is 4.90 Å². The lowest BCUT2D eigenvalue weighted by Crippen LogP contribution is -2.61. The van der Waals surface area contributed by atoms with E-state index in [2.05, 4.69) is 0 Å². The van der Waals surface area contributed by atoms with Gasteiger partial charge in [-0.3, -0.25) is 14.4 Å². The van der Waals surface area contributed by atoms with Gasteiger partial charge in [0.05, 0.1) is 41.9 Å². The van der Waals surface area contributed by atoms with Crippen molar-refractivity contribution < 1.29 is 72.3 Å². The van der Waals surface area contributed by atoms with E-state index in [1.165, 1.54) is 21.0 Å². The molecule has 4 rings (SSSR count). The van der Waals surface area contributed by atoms with Crippen LogP contribution in [0, 0.1) is 23.7 Å². The van der Waals surface area contributed by atoms with Crippen LogP contribution in [0.2, 0.25) is 0 Å². The maximum atomic E-state index is 14.5. The summed E-state index contributed by atoms with van der Waals surface area (Å²) in [6, 6.07) is -0.335. The highest BCUT2D eigenvalue weighted by Crippen LogP contribution is 2.52. The van der Waals surface area contributed by atoms with Crippen LogP contribution in [0.1, 0.15) is 109 Å². The second-order valence-corrected chi connectivity index (χ2v) is 18.1. The fraction of sp³-hybridized carbons (Fsp3) is 0.927. The van der Waals surface area contributed by atoms with Crippen LogP contribution in [-0.4, -0.2) is 149 Å². The van der Waals surface area contributed by atoms with Gasteiger partial charge in [0.15, 0.2) is 24.5 Å². The third kappa shape index (κ3) is 9.66. The number of carbonyl (C=O) groups excluding carboxylic acids is 3. The molecule has 0 radical (unpaired) electrons. The molecular formula is C41H71NO15. The second kappa shape index (κ2) is 17.9. The van der Waals surface area contributed by atoms with E-state index in [-0.39, 0.29) is 31.4 Å². The number of rotatable bonds is 9. The monoisotopic (exact) mass is 817 g/mol. The Morgan fingerprint density at radius 1 is 0.895 bits per heavy atom. The van der Waals surface area contributed by atoms with Crippen LogP contribution in [0.3, 0.4) is 0 Å². The number of hydrogen-bond acceptors (Lipinski definition) is 16. The SMILES string of the molecule is CC[C@H]1OC(=O)C(C)C(O[C@H]2C[C@@](C)(OC)[C@@H](OC(C)=O)[C@H](C)O2)[C@H](C)[C@@H](O[C@@H]2O[C@H](C)C[C@H](N(C)C)[C@H]2O)[C@](C)(O)C[C@@H](C)[C@]2(O)O[C@@]1(C)[C@H](OC(C)=O)[C@H]2C. The standard InChI is InChI=1S/C41H71NO15/c1-16-29-40(12)34(52-26(8)43)24(6)41(48,57-40)20(2)18-38(10,47)33(56-37-31(45)28(42(13)14)17-21(3)50-37)22(4)32(23(5)36(46)54-29)55-30-19-39(11,49-15)35(25(7)51-30)53-27(9)44/h20-25,28-35,37,45,47-48H,16-19H2,1-15H3/t20-,21-,22+,23?,24-,25+,28+,29-,30+,31-,32?,33-,34-,35+,37+,38-,39-,40-,41+/m1/s1. The number of aliphatic hydroxyl groups excluding tert-OH is 1. The number of nitrogens with zero attached hydrogens (tertiary/aromatic N) is 1. The molecule has 0 aromatic carbocycles. The normalized spacial score (nSPS) is 48.6. The quantitative estimate of drug-likeness (QED) is 0.227. The number of aliphatic hydroxyl groups is 3. The molecule has 0 spiro atoms. The maximum absolute atomic E-state index is 14.5. The molecule has 19 atom stereocenters. The van der Waals surface area contributed by atoms with Crippen molar-refractivity contribution in [3.8, 4) is 0 Å². The highest BCUT2D eigenvalue weighted by molar-refractivity contribution is 5.73. The van der Waals surface area contributed by atoms with Crippen LogP contribution in [-0.2, 0) is 57.0 Å². The van der Waals surface area contributed by atoms with Crippen molar-refractivity contribution in [1.29, 1.82) is 0 Å². The van der Waals surface area contributed by atoms with Crippen molar-refractivity contribution in [3.05, 3.63) is 0 Å². The molecule has 16 heteroatoms. The molecule has 4 heterocycles. The Labute approximate surface area is 338 Å². The van der Waals surface area contributed by atoms with Gasteiger partial charge in [-0.25, -0.2) is 0 Å². The lowest BCUT2D eigenvalue weighted by atomic mass is 9.74. The number of hydrogen-bond donors (Lipinski definition) is 3. The fourth-order valence-electron chi connectivity index (χ4n) is 9.94. The van der Waals surface area contributed by atoms with E-state index in [0.29, 0.717) is 6.42 Å². The Bertz CT molecular complexity index is 1410. The fourth-order valence-corrected chi connectivity index (χ4v) is 9.94. The molecule has 0 aliphatic carbocycles. The molecule has 2 bridgehead atoms. The Morgan fingerprint density at radius 2 is 1.49 bits per heavy atom. The van der Waals surface area contributed by atoms with E-state index in [9.17, 15) is 29.7 Å². The van der Waals surface area contributed by atoms with Gasteiger partial charge in [0.2, 0.25) is 0 Å². The zero-order chi connectivity index (χ0) is 43.2. The third-order valence-corrected chi connectivity index (χ3v) is 13.1. The molecule has 330 valence electrons. The number of fused-ring (bicyclic) bond motifs is 2. The Kier molecular flexibility index (Phi) is 15.0. The molecule has 57 heavy (non-hydrogen) atoms. The first-order valence-electron chi connectivity index (χ1n) is 20.5. The van der Waals surface area contributed by atoms with Crippen LogP contribution in [0.15, 0.2) is 0 Å². The Morgan fingerprint density at radius 3 is 2.04 bits per heavy atom. The van der Waals surface area contributed by atoms with Crippen LogP contribution in [0.4, 0.5) is 0 Å². The molecule has 3 N–H and O–H groups in total. The van der Waals surface area contributed by atoms with Gasteiger partial charge in [0.1, 0.15) is 29.5 Å². The Balaban J connectivity index is 1.87. The van der Waals surface area contributed by atoms with Gasteiger partial charge in [0.25, 0.3) is 0 Å². The Hall–Kier alpha value is -1.99.